The zero-order valence-corrected chi connectivity index (χ0v) is 12.5. The summed E-state index contributed by atoms with van der Waals surface area (Å²) in [5.74, 6) is 1.10. The number of carbonyl (C=O) groups is 1. The lowest BCUT2D eigenvalue weighted by molar-refractivity contribution is 0.0594. The van der Waals surface area contributed by atoms with Gasteiger partial charge in [-0.2, -0.15) is 0 Å². The number of ether oxygens (including phenoxy) is 3. The molecule has 2 heterocycles. The highest BCUT2D eigenvalue weighted by molar-refractivity contribution is 5.93. The normalized spacial score (nSPS) is 12.6. The van der Waals surface area contributed by atoms with E-state index in [4.69, 9.17) is 19.9 Å². The lowest BCUT2D eigenvalue weighted by Crippen LogP contribution is -2.15. The van der Waals surface area contributed by atoms with E-state index in [0.29, 0.717) is 41.7 Å². The molecule has 0 bridgehead atoms. The van der Waals surface area contributed by atoms with Gasteiger partial charge in [0.05, 0.1) is 7.11 Å². The van der Waals surface area contributed by atoms with Crippen LogP contribution >= 0.6 is 0 Å². The molecule has 1 aromatic carbocycles. The molecule has 7 heteroatoms. The van der Waals surface area contributed by atoms with E-state index in [2.05, 4.69) is 16.5 Å². The maximum absolute atomic E-state index is 11.9. The maximum Gasteiger partial charge on any atom is 0.357 e. The molecule has 0 unspecified atom stereocenters. The third-order valence-electron chi connectivity index (χ3n) is 3.36. The fourth-order valence-corrected chi connectivity index (χ4v) is 2.25. The van der Waals surface area contributed by atoms with E-state index in [1.54, 1.807) is 18.2 Å². The van der Waals surface area contributed by atoms with Crippen molar-refractivity contribution in [2.45, 2.75) is 0 Å². The van der Waals surface area contributed by atoms with Gasteiger partial charge in [-0.15, -0.1) is 0 Å². The van der Waals surface area contributed by atoms with E-state index in [9.17, 15) is 4.79 Å². The van der Waals surface area contributed by atoms with Crippen LogP contribution in [0.3, 0.4) is 0 Å². The quantitative estimate of drug-likeness (QED) is 0.865. The van der Waals surface area contributed by atoms with Crippen molar-refractivity contribution in [3.8, 4) is 22.9 Å². The van der Waals surface area contributed by atoms with Crippen molar-refractivity contribution in [1.29, 1.82) is 0 Å². The molecule has 0 saturated carbocycles. The number of nitrogen functional groups attached to an aromatic ring is 1. The molecule has 118 valence electrons. The summed E-state index contributed by atoms with van der Waals surface area (Å²) in [6.07, 6.45) is 1.43. The number of anilines is 1. The van der Waals surface area contributed by atoms with Gasteiger partial charge in [-0.3, -0.25) is 0 Å². The first-order valence-corrected chi connectivity index (χ1v) is 6.92. The Kier molecular flexibility index (Phi) is 3.84. The summed E-state index contributed by atoms with van der Waals surface area (Å²) in [6.45, 7) is 4.61. The van der Waals surface area contributed by atoms with Crippen LogP contribution < -0.4 is 15.2 Å². The van der Waals surface area contributed by atoms with Crippen molar-refractivity contribution in [3.05, 3.63) is 36.0 Å². The van der Waals surface area contributed by atoms with E-state index in [-0.39, 0.29) is 11.5 Å². The first-order valence-electron chi connectivity index (χ1n) is 6.92. The third-order valence-corrected chi connectivity index (χ3v) is 3.36. The summed E-state index contributed by atoms with van der Waals surface area (Å²) in [6, 6.07) is 5.29. The number of fused-ring (bicyclic) bond motifs is 1. The van der Waals surface area contributed by atoms with Crippen LogP contribution in [0.15, 0.2) is 24.8 Å². The molecule has 0 radical (unpaired) electrons. The van der Waals surface area contributed by atoms with Gasteiger partial charge < -0.3 is 19.9 Å². The van der Waals surface area contributed by atoms with E-state index in [1.807, 2.05) is 0 Å². The van der Waals surface area contributed by atoms with Crippen molar-refractivity contribution in [2.75, 3.05) is 26.1 Å². The van der Waals surface area contributed by atoms with Gasteiger partial charge in [0.15, 0.2) is 23.0 Å². The maximum atomic E-state index is 11.9. The Morgan fingerprint density at radius 1 is 1.30 bits per heavy atom. The molecule has 0 saturated heterocycles. The van der Waals surface area contributed by atoms with Crippen LogP contribution in [0, 0.1) is 0 Å². The molecule has 1 aliphatic heterocycles. The molecule has 3 rings (SSSR count). The fraction of sp³-hybridized carbons (Fsp3) is 0.188. The van der Waals surface area contributed by atoms with E-state index in [0.717, 1.165) is 0 Å². The largest absolute Gasteiger partial charge is 0.486 e. The summed E-state index contributed by atoms with van der Waals surface area (Å²) >= 11 is 0. The third kappa shape index (κ3) is 2.68. The molecule has 0 atom stereocenters. The highest BCUT2D eigenvalue weighted by Crippen LogP contribution is 2.34. The second-order valence-electron chi connectivity index (χ2n) is 4.75. The number of carbonyl (C=O) groups excluding carboxylic acids is 1. The standard InChI is InChI=1S/C16H15N3O4/c1-3-10-13(16(20)21-2)18-15(19-14(10)17)9-4-5-11-12(8-9)23-7-6-22-11/h3-5,8H,1,6-7H2,2H3,(H2,17,18,19). The fourth-order valence-electron chi connectivity index (χ4n) is 2.25. The van der Waals surface area contributed by atoms with Gasteiger partial charge in [-0.25, -0.2) is 14.8 Å². The average Bonchev–Trinajstić information content (AvgIpc) is 2.59. The van der Waals surface area contributed by atoms with Gasteiger partial charge in [0.2, 0.25) is 0 Å². The van der Waals surface area contributed by atoms with E-state index in [1.165, 1.54) is 13.2 Å². The monoisotopic (exact) mass is 313 g/mol. The Hall–Kier alpha value is -3.09. The Bertz CT molecular complexity index is 789. The Morgan fingerprint density at radius 2 is 2.04 bits per heavy atom. The number of hydrogen-bond acceptors (Lipinski definition) is 7. The Labute approximate surface area is 132 Å². The van der Waals surface area contributed by atoms with Gasteiger partial charge in [0.25, 0.3) is 0 Å². The molecule has 7 nitrogen and oxygen atoms in total. The molecule has 0 aliphatic carbocycles. The zero-order valence-electron chi connectivity index (χ0n) is 12.5. The van der Waals surface area contributed by atoms with Crippen molar-refractivity contribution in [2.24, 2.45) is 0 Å². The Morgan fingerprint density at radius 3 is 2.74 bits per heavy atom. The molecule has 0 spiro atoms. The topological polar surface area (TPSA) is 96.6 Å². The first-order chi connectivity index (χ1) is 11.1. The summed E-state index contributed by atoms with van der Waals surface area (Å²) in [4.78, 5) is 20.4. The second-order valence-corrected chi connectivity index (χ2v) is 4.75. The van der Waals surface area contributed by atoms with Gasteiger partial charge in [-0.1, -0.05) is 12.7 Å². The van der Waals surface area contributed by atoms with Crippen molar-refractivity contribution in [3.63, 3.8) is 0 Å². The molecule has 23 heavy (non-hydrogen) atoms. The van der Waals surface area contributed by atoms with Crippen LogP contribution in [0.5, 0.6) is 11.5 Å². The minimum atomic E-state index is -0.604. The minimum absolute atomic E-state index is 0.0693. The first kappa shape index (κ1) is 14.8. The SMILES string of the molecule is C=Cc1c(N)nc(-c2ccc3c(c2)OCCO3)nc1C(=O)OC. The lowest BCUT2D eigenvalue weighted by Gasteiger charge is -2.18. The average molecular weight is 313 g/mol. The number of esters is 1. The highest BCUT2D eigenvalue weighted by Gasteiger charge is 2.19. The van der Waals surface area contributed by atoms with Gasteiger partial charge in [0.1, 0.15) is 19.0 Å². The van der Waals surface area contributed by atoms with Crippen LogP contribution in [0.1, 0.15) is 16.1 Å². The Balaban J connectivity index is 2.11. The molecular formula is C16H15N3O4. The van der Waals surface area contributed by atoms with Gasteiger partial charge in [-0.05, 0) is 18.2 Å². The molecular weight excluding hydrogens is 298 g/mol. The molecule has 0 fully saturated rings. The predicted molar refractivity (Wildman–Crippen MR) is 84.3 cm³/mol. The number of rotatable bonds is 3. The number of nitrogens with zero attached hydrogens (tertiary/aromatic N) is 2. The summed E-state index contributed by atoms with van der Waals surface area (Å²) < 4.78 is 15.8. The number of nitrogens with two attached hydrogens (primary N) is 1. The van der Waals surface area contributed by atoms with E-state index < -0.39 is 5.97 Å². The summed E-state index contributed by atoms with van der Waals surface area (Å²) in [7, 11) is 1.28. The van der Waals surface area contributed by atoms with E-state index >= 15 is 0 Å². The second kappa shape index (κ2) is 5.96. The molecule has 2 aromatic rings. The molecule has 0 amide bonds. The summed E-state index contributed by atoms with van der Waals surface area (Å²) in [5.41, 5.74) is 6.98. The van der Waals surface area contributed by atoms with Crippen molar-refractivity contribution in [1.82, 2.24) is 9.97 Å². The minimum Gasteiger partial charge on any atom is -0.486 e. The molecule has 2 N–H and O–H groups in total. The predicted octanol–water partition coefficient (Wildman–Crippen LogP) is 1.93. The van der Waals surface area contributed by atoms with Gasteiger partial charge in [0, 0.05) is 11.1 Å². The van der Waals surface area contributed by atoms with Crippen LogP contribution in [0.2, 0.25) is 0 Å². The molecule has 1 aliphatic rings. The lowest BCUT2D eigenvalue weighted by atomic mass is 10.1. The van der Waals surface area contributed by atoms with Crippen LogP contribution in [-0.2, 0) is 4.74 Å². The smallest absolute Gasteiger partial charge is 0.357 e. The van der Waals surface area contributed by atoms with Crippen LogP contribution in [0.25, 0.3) is 17.5 Å². The number of methoxy groups -OCH3 is 1. The van der Waals surface area contributed by atoms with Crippen LogP contribution in [0.4, 0.5) is 5.82 Å². The number of aromatic nitrogens is 2. The van der Waals surface area contributed by atoms with Gasteiger partial charge >= 0.3 is 5.97 Å². The molecule has 1 aromatic heterocycles. The number of benzene rings is 1. The van der Waals surface area contributed by atoms with Crippen molar-refractivity contribution >= 4 is 17.9 Å². The highest BCUT2D eigenvalue weighted by atomic mass is 16.6. The number of hydrogen-bond donors (Lipinski definition) is 1. The van der Waals surface area contributed by atoms with Crippen LogP contribution in [-0.4, -0.2) is 36.3 Å². The zero-order chi connectivity index (χ0) is 16.4. The summed E-state index contributed by atoms with van der Waals surface area (Å²) in [5, 5.41) is 0. The van der Waals surface area contributed by atoms with Crippen molar-refractivity contribution < 1.29 is 19.0 Å².